The minimum Gasteiger partial charge on any atom is -0.493 e. The molecule has 1 N–H and O–H groups in total. The molecule has 11 heteroatoms. The highest BCUT2D eigenvalue weighted by Crippen LogP contribution is 2.36. The highest BCUT2D eigenvalue weighted by molar-refractivity contribution is 7.94. The molecule has 2 aromatic rings. The summed E-state index contributed by atoms with van der Waals surface area (Å²) in [6, 6.07) is 9.41. The zero-order chi connectivity index (χ0) is 24.6. The molecule has 0 bridgehead atoms. The van der Waals surface area contributed by atoms with E-state index in [9.17, 15) is 21.6 Å². The van der Waals surface area contributed by atoms with Crippen LogP contribution in [-0.4, -0.2) is 49.3 Å². The summed E-state index contributed by atoms with van der Waals surface area (Å²) in [5.41, 5.74) is 0.289. The first-order chi connectivity index (χ1) is 15.3. The van der Waals surface area contributed by atoms with E-state index >= 15 is 0 Å². The van der Waals surface area contributed by atoms with Crippen molar-refractivity contribution in [1.82, 2.24) is 4.72 Å². The first-order valence-corrected chi connectivity index (χ1v) is 13.3. The molecule has 0 spiro atoms. The smallest absolute Gasteiger partial charge is 0.247 e. The first-order valence-electron chi connectivity index (χ1n) is 10.2. The Morgan fingerprint density at radius 2 is 1.73 bits per heavy atom. The lowest BCUT2D eigenvalue weighted by Crippen LogP contribution is -2.33. The molecule has 33 heavy (non-hydrogen) atoms. The maximum absolute atomic E-state index is 12.8. The molecule has 1 aliphatic heterocycles. The topological polar surface area (TPSA) is 119 Å². The highest BCUT2D eigenvalue weighted by Gasteiger charge is 2.50. The Balaban J connectivity index is 1.76. The number of rotatable bonds is 8. The number of amides is 1. The summed E-state index contributed by atoms with van der Waals surface area (Å²) in [6.45, 7) is 4.85. The van der Waals surface area contributed by atoms with Gasteiger partial charge < -0.3 is 9.47 Å². The molecule has 1 heterocycles. The standard InChI is InChI=1S/C22H28N2O7S2/c1-15-12-17(24-21(25)22(2,3)14-32(24,26)27)7-9-20(15)33(28,29)23-11-10-16-6-8-18(30-4)19(13-16)31-5/h6-9,12-13,23H,10-11,14H2,1-5H3. The zero-order valence-electron chi connectivity index (χ0n) is 19.2. The van der Waals surface area contributed by atoms with Gasteiger partial charge in [0.2, 0.25) is 26.0 Å². The number of nitrogens with one attached hydrogen (secondary N) is 1. The van der Waals surface area contributed by atoms with Crippen LogP contribution in [0.5, 0.6) is 11.5 Å². The Hall–Kier alpha value is -2.63. The lowest BCUT2D eigenvalue weighted by Gasteiger charge is -2.19. The SMILES string of the molecule is COc1ccc(CCNS(=O)(=O)c2ccc(N3C(=O)C(C)(C)CS3(=O)=O)cc2C)cc1OC. The van der Waals surface area contributed by atoms with Crippen molar-refractivity contribution in [2.24, 2.45) is 5.41 Å². The van der Waals surface area contributed by atoms with Crippen LogP contribution in [0, 0.1) is 12.3 Å². The Bertz CT molecular complexity index is 1290. The van der Waals surface area contributed by atoms with Crippen LogP contribution in [-0.2, 0) is 31.3 Å². The van der Waals surface area contributed by atoms with Crippen molar-refractivity contribution in [2.45, 2.75) is 32.1 Å². The summed E-state index contributed by atoms with van der Waals surface area (Å²) in [6.07, 6.45) is 0.423. The van der Waals surface area contributed by atoms with E-state index in [2.05, 4.69) is 4.72 Å². The molecule has 3 rings (SSSR count). The third-order valence-corrected chi connectivity index (χ3v) is 9.06. The average molecular weight is 497 g/mol. The van der Waals surface area contributed by atoms with Gasteiger partial charge in [-0.15, -0.1) is 0 Å². The van der Waals surface area contributed by atoms with Gasteiger partial charge in [-0.25, -0.2) is 25.9 Å². The van der Waals surface area contributed by atoms with Crippen LogP contribution in [0.15, 0.2) is 41.3 Å². The monoisotopic (exact) mass is 496 g/mol. The second-order valence-electron chi connectivity index (χ2n) is 8.50. The van der Waals surface area contributed by atoms with Gasteiger partial charge in [-0.2, -0.15) is 0 Å². The van der Waals surface area contributed by atoms with E-state index in [1.54, 1.807) is 32.9 Å². The molecule has 2 aromatic carbocycles. The summed E-state index contributed by atoms with van der Waals surface area (Å²) < 4.78 is 64.5. The van der Waals surface area contributed by atoms with E-state index in [0.29, 0.717) is 23.5 Å². The van der Waals surface area contributed by atoms with Gasteiger partial charge in [-0.05, 0) is 68.7 Å². The number of sulfonamides is 2. The van der Waals surface area contributed by atoms with Gasteiger partial charge in [0.1, 0.15) is 0 Å². The predicted octanol–water partition coefficient (Wildman–Crippen LogP) is 2.24. The Morgan fingerprint density at radius 3 is 2.27 bits per heavy atom. The molecule has 1 saturated heterocycles. The van der Waals surface area contributed by atoms with Crippen molar-refractivity contribution >= 4 is 31.6 Å². The van der Waals surface area contributed by atoms with Crippen LogP contribution >= 0.6 is 0 Å². The first kappa shape index (κ1) is 25.0. The van der Waals surface area contributed by atoms with Crippen LogP contribution in [0.25, 0.3) is 0 Å². The molecule has 0 radical (unpaired) electrons. The van der Waals surface area contributed by atoms with E-state index < -0.39 is 31.4 Å². The second kappa shape index (κ2) is 8.96. The van der Waals surface area contributed by atoms with E-state index in [1.165, 1.54) is 32.4 Å². The highest BCUT2D eigenvalue weighted by atomic mass is 32.2. The Labute approximate surface area is 194 Å². The van der Waals surface area contributed by atoms with Crippen LogP contribution in [0.1, 0.15) is 25.0 Å². The third kappa shape index (κ3) is 4.99. The number of carbonyl (C=O) groups excluding carboxylic acids is 1. The van der Waals surface area contributed by atoms with Crippen LogP contribution in [0.4, 0.5) is 5.69 Å². The van der Waals surface area contributed by atoms with Gasteiger partial charge in [-0.3, -0.25) is 4.79 Å². The maximum Gasteiger partial charge on any atom is 0.247 e. The molecule has 0 saturated carbocycles. The van der Waals surface area contributed by atoms with Gasteiger partial charge in [0.05, 0.1) is 36.0 Å². The predicted molar refractivity (Wildman–Crippen MR) is 125 cm³/mol. The third-order valence-electron chi connectivity index (χ3n) is 5.42. The number of aryl methyl sites for hydroxylation is 1. The summed E-state index contributed by atoms with van der Waals surface area (Å²) in [7, 11) is -4.61. The van der Waals surface area contributed by atoms with Crippen molar-refractivity contribution in [3.63, 3.8) is 0 Å². The molecule has 1 fully saturated rings. The Morgan fingerprint density at radius 1 is 1.06 bits per heavy atom. The van der Waals surface area contributed by atoms with Crippen molar-refractivity contribution in [3.8, 4) is 11.5 Å². The van der Waals surface area contributed by atoms with Gasteiger partial charge in [-0.1, -0.05) is 6.07 Å². The molecular formula is C22H28N2O7S2. The number of hydrogen-bond acceptors (Lipinski definition) is 7. The quantitative estimate of drug-likeness (QED) is 0.595. The number of nitrogens with zero attached hydrogens (tertiary/aromatic N) is 1. The fraction of sp³-hybridized carbons (Fsp3) is 0.409. The van der Waals surface area contributed by atoms with E-state index in [4.69, 9.17) is 9.47 Å². The normalized spacial score (nSPS) is 17.2. The zero-order valence-corrected chi connectivity index (χ0v) is 20.8. The number of methoxy groups -OCH3 is 2. The van der Waals surface area contributed by atoms with Crippen molar-refractivity contribution < 1.29 is 31.1 Å². The van der Waals surface area contributed by atoms with Crippen molar-refractivity contribution in [1.29, 1.82) is 0 Å². The molecule has 0 atom stereocenters. The summed E-state index contributed by atoms with van der Waals surface area (Å²) in [4.78, 5) is 12.6. The molecular weight excluding hydrogens is 468 g/mol. The lowest BCUT2D eigenvalue weighted by molar-refractivity contribution is -0.123. The summed E-state index contributed by atoms with van der Waals surface area (Å²) in [5, 5.41) is 0. The van der Waals surface area contributed by atoms with Crippen LogP contribution in [0.3, 0.4) is 0 Å². The summed E-state index contributed by atoms with van der Waals surface area (Å²) in [5.74, 6) is 0.305. The largest absolute Gasteiger partial charge is 0.493 e. The van der Waals surface area contributed by atoms with Gasteiger partial charge in [0.15, 0.2) is 11.5 Å². The minimum atomic E-state index is -3.85. The maximum atomic E-state index is 12.8. The van der Waals surface area contributed by atoms with E-state index in [0.717, 1.165) is 9.87 Å². The van der Waals surface area contributed by atoms with E-state index in [-0.39, 0.29) is 22.9 Å². The molecule has 0 aromatic heterocycles. The van der Waals surface area contributed by atoms with Crippen molar-refractivity contribution in [3.05, 3.63) is 47.5 Å². The van der Waals surface area contributed by atoms with Crippen molar-refractivity contribution in [2.75, 3.05) is 30.8 Å². The second-order valence-corrected chi connectivity index (χ2v) is 12.0. The molecule has 1 amide bonds. The van der Waals surface area contributed by atoms with E-state index in [1.807, 2.05) is 6.07 Å². The van der Waals surface area contributed by atoms with Gasteiger partial charge in [0, 0.05) is 6.54 Å². The lowest BCUT2D eigenvalue weighted by atomic mass is 9.95. The summed E-state index contributed by atoms with van der Waals surface area (Å²) >= 11 is 0. The Kier molecular flexibility index (Phi) is 6.79. The van der Waals surface area contributed by atoms with Crippen LogP contribution in [0.2, 0.25) is 0 Å². The molecule has 180 valence electrons. The number of benzene rings is 2. The molecule has 1 aliphatic rings. The fourth-order valence-electron chi connectivity index (χ4n) is 3.77. The number of hydrogen-bond donors (Lipinski definition) is 1. The molecule has 9 nitrogen and oxygen atoms in total. The van der Waals surface area contributed by atoms with Gasteiger partial charge in [0.25, 0.3) is 0 Å². The number of anilines is 1. The number of carbonyl (C=O) groups is 1. The molecule has 0 aliphatic carbocycles. The van der Waals surface area contributed by atoms with Gasteiger partial charge >= 0.3 is 0 Å². The number of ether oxygens (including phenoxy) is 2. The molecule has 0 unspecified atom stereocenters. The minimum absolute atomic E-state index is 0.0156. The fourth-order valence-corrected chi connectivity index (χ4v) is 7.12. The average Bonchev–Trinajstić information content (AvgIpc) is 2.89. The van der Waals surface area contributed by atoms with Crippen LogP contribution < -0.4 is 18.5 Å².